The predicted octanol–water partition coefficient (Wildman–Crippen LogP) is 2.37. The lowest BCUT2D eigenvalue weighted by Crippen LogP contribution is -2.46. The summed E-state index contributed by atoms with van der Waals surface area (Å²) in [4.78, 5) is 13.6. The number of nitrogens with zero attached hydrogens (tertiary/aromatic N) is 1. The Kier molecular flexibility index (Phi) is 5.05. The van der Waals surface area contributed by atoms with Gasteiger partial charge >= 0.3 is 5.97 Å². The largest absolute Gasteiger partial charge is 0.467 e. The molecule has 6 heteroatoms. The third-order valence-electron chi connectivity index (χ3n) is 3.04. The van der Waals surface area contributed by atoms with Crippen LogP contribution in [0.4, 0.5) is 0 Å². The normalized spacial score (nSPS) is 20.3. The number of rotatable bonds is 3. The molecular weight excluding hydrogens is 289 g/mol. The second-order valence-electron chi connectivity index (χ2n) is 4.33. The Hall–Kier alpha value is -0.810. The van der Waals surface area contributed by atoms with Gasteiger partial charge in [0.05, 0.1) is 23.8 Å². The van der Waals surface area contributed by atoms with Crippen molar-refractivity contribution in [3.8, 4) is 0 Å². The first-order chi connectivity index (χ1) is 9.11. The molecule has 1 atom stereocenters. The number of methoxy groups -OCH3 is 1. The van der Waals surface area contributed by atoms with Gasteiger partial charge in [-0.2, -0.15) is 0 Å². The Labute approximate surface area is 122 Å². The fourth-order valence-corrected chi connectivity index (χ4v) is 2.41. The Balaban J connectivity index is 2.03. The van der Waals surface area contributed by atoms with Crippen molar-refractivity contribution in [1.82, 2.24) is 4.90 Å². The molecule has 1 fully saturated rings. The quantitative estimate of drug-likeness (QED) is 0.804. The zero-order chi connectivity index (χ0) is 13.8. The van der Waals surface area contributed by atoms with Gasteiger partial charge in [-0.25, -0.2) is 4.79 Å². The molecule has 0 aromatic heterocycles. The maximum absolute atomic E-state index is 11.5. The molecule has 1 aliphatic rings. The van der Waals surface area contributed by atoms with E-state index in [9.17, 15) is 4.79 Å². The number of halogens is 2. The summed E-state index contributed by atoms with van der Waals surface area (Å²) in [5.41, 5.74) is 0.944. The number of hydrogen-bond donors (Lipinski definition) is 0. The van der Waals surface area contributed by atoms with Gasteiger partial charge in [-0.1, -0.05) is 35.3 Å². The lowest BCUT2D eigenvalue weighted by atomic mass is 10.2. The van der Waals surface area contributed by atoms with Crippen LogP contribution in [0.1, 0.15) is 5.56 Å². The molecule has 0 bridgehead atoms. The van der Waals surface area contributed by atoms with Gasteiger partial charge in [-0.15, -0.1) is 0 Å². The molecule has 0 N–H and O–H groups in total. The molecule has 0 aliphatic carbocycles. The van der Waals surface area contributed by atoms with E-state index in [1.807, 2.05) is 12.1 Å². The Morgan fingerprint density at radius 3 is 3.05 bits per heavy atom. The van der Waals surface area contributed by atoms with Crippen molar-refractivity contribution >= 4 is 29.2 Å². The summed E-state index contributed by atoms with van der Waals surface area (Å²) in [6, 6.07) is 5.54. The van der Waals surface area contributed by atoms with Crippen LogP contribution in [0.15, 0.2) is 18.2 Å². The van der Waals surface area contributed by atoms with Gasteiger partial charge in [0.15, 0.2) is 6.10 Å². The van der Waals surface area contributed by atoms with Crippen LogP contribution >= 0.6 is 23.2 Å². The number of ether oxygens (including phenoxy) is 2. The molecule has 1 saturated heterocycles. The first-order valence-corrected chi connectivity index (χ1v) is 6.72. The van der Waals surface area contributed by atoms with E-state index in [4.69, 9.17) is 32.7 Å². The maximum atomic E-state index is 11.5. The number of hydrogen-bond acceptors (Lipinski definition) is 4. The van der Waals surface area contributed by atoms with Crippen LogP contribution in [0.2, 0.25) is 10.0 Å². The summed E-state index contributed by atoms with van der Waals surface area (Å²) in [6.45, 7) is 2.38. The summed E-state index contributed by atoms with van der Waals surface area (Å²) < 4.78 is 10.1. The topological polar surface area (TPSA) is 38.8 Å². The highest BCUT2D eigenvalue weighted by Crippen LogP contribution is 2.26. The highest BCUT2D eigenvalue weighted by molar-refractivity contribution is 6.42. The number of carbonyl (C=O) groups is 1. The zero-order valence-corrected chi connectivity index (χ0v) is 12.1. The van der Waals surface area contributed by atoms with Crippen molar-refractivity contribution in [1.29, 1.82) is 0 Å². The van der Waals surface area contributed by atoms with Gasteiger partial charge in [0, 0.05) is 19.6 Å². The van der Waals surface area contributed by atoms with E-state index in [1.54, 1.807) is 6.07 Å². The van der Waals surface area contributed by atoms with Gasteiger partial charge in [-0.05, 0) is 11.6 Å². The summed E-state index contributed by atoms with van der Waals surface area (Å²) >= 11 is 12.1. The van der Waals surface area contributed by atoms with Gasteiger partial charge in [0.2, 0.25) is 0 Å². The summed E-state index contributed by atoms with van der Waals surface area (Å²) in [5.74, 6) is -0.345. The molecular formula is C13H15Cl2NO3. The Morgan fingerprint density at radius 1 is 1.53 bits per heavy atom. The number of carbonyl (C=O) groups excluding carboxylic acids is 1. The molecule has 0 amide bonds. The van der Waals surface area contributed by atoms with E-state index in [0.717, 1.165) is 12.1 Å². The summed E-state index contributed by atoms with van der Waals surface area (Å²) in [6.07, 6.45) is -0.531. The average molecular weight is 304 g/mol. The van der Waals surface area contributed by atoms with Crippen LogP contribution in [0.25, 0.3) is 0 Å². The van der Waals surface area contributed by atoms with Crippen LogP contribution in [0.3, 0.4) is 0 Å². The monoisotopic (exact) mass is 303 g/mol. The molecule has 1 aliphatic heterocycles. The van der Waals surface area contributed by atoms with Crippen LogP contribution < -0.4 is 0 Å². The van der Waals surface area contributed by atoms with E-state index in [2.05, 4.69) is 4.90 Å². The third kappa shape index (κ3) is 3.60. The van der Waals surface area contributed by atoms with Crippen molar-refractivity contribution in [2.24, 2.45) is 0 Å². The van der Waals surface area contributed by atoms with Crippen molar-refractivity contribution in [3.63, 3.8) is 0 Å². The zero-order valence-electron chi connectivity index (χ0n) is 10.6. The summed E-state index contributed by atoms with van der Waals surface area (Å²) in [7, 11) is 1.36. The highest BCUT2D eigenvalue weighted by atomic mass is 35.5. The van der Waals surface area contributed by atoms with E-state index in [0.29, 0.717) is 29.7 Å². The van der Waals surface area contributed by atoms with Crippen molar-refractivity contribution in [2.45, 2.75) is 12.6 Å². The molecule has 4 nitrogen and oxygen atoms in total. The number of benzene rings is 1. The lowest BCUT2D eigenvalue weighted by Gasteiger charge is -2.31. The molecule has 0 saturated carbocycles. The fraction of sp³-hybridized carbons (Fsp3) is 0.462. The maximum Gasteiger partial charge on any atom is 0.336 e. The average Bonchev–Trinajstić information content (AvgIpc) is 2.43. The van der Waals surface area contributed by atoms with Crippen LogP contribution in [0.5, 0.6) is 0 Å². The standard InChI is InChI=1S/C13H15Cl2NO3/c1-18-13(17)11-8-16(5-6-19-11)7-9-3-2-4-10(14)12(9)15/h2-4,11H,5-8H2,1H3. The van der Waals surface area contributed by atoms with Gasteiger partial charge in [0.25, 0.3) is 0 Å². The van der Waals surface area contributed by atoms with E-state index in [1.165, 1.54) is 7.11 Å². The first kappa shape index (κ1) is 14.6. The molecule has 1 heterocycles. The fourth-order valence-electron chi connectivity index (χ4n) is 2.03. The minimum Gasteiger partial charge on any atom is -0.467 e. The van der Waals surface area contributed by atoms with E-state index in [-0.39, 0.29) is 5.97 Å². The van der Waals surface area contributed by atoms with Crippen LogP contribution in [-0.4, -0.2) is 43.8 Å². The molecule has 19 heavy (non-hydrogen) atoms. The molecule has 1 aromatic rings. The minimum atomic E-state index is -0.531. The lowest BCUT2D eigenvalue weighted by molar-refractivity contribution is -0.160. The van der Waals surface area contributed by atoms with Crippen molar-refractivity contribution in [2.75, 3.05) is 26.8 Å². The van der Waals surface area contributed by atoms with Crippen LogP contribution in [0, 0.1) is 0 Å². The first-order valence-electron chi connectivity index (χ1n) is 5.96. The Morgan fingerprint density at radius 2 is 2.32 bits per heavy atom. The SMILES string of the molecule is COC(=O)C1CN(Cc2cccc(Cl)c2Cl)CCO1. The molecule has 0 radical (unpaired) electrons. The van der Waals surface area contributed by atoms with Gasteiger partial charge < -0.3 is 9.47 Å². The second-order valence-corrected chi connectivity index (χ2v) is 5.12. The molecule has 1 unspecified atom stereocenters. The number of morpholine rings is 1. The third-order valence-corrected chi connectivity index (χ3v) is 3.90. The molecule has 0 spiro atoms. The van der Waals surface area contributed by atoms with E-state index < -0.39 is 6.10 Å². The van der Waals surface area contributed by atoms with E-state index >= 15 is 0 Å². The van der Waals surface area contributed by atoms with Crippen molar-refractivity contribution in [3.05, 3.63) is 33.8 Å². The highest BCUT2D eigenvalue weighted by Gasteiger charge is 2.27. The van der Waals surface area contributed by atoms with Gasteiger partial charge in [0.1, 0.15) is 0 Å². The number of esters is 1. The minimum absolute atomic E-state index is 0.345. The Bertz CT molecular complexity index is 467. The summed E-state index contributed by atoms with van der Waals surface area (Å²) in [5, 5.41) is 1.10. The van der Waals surface area contributed by atoms with Gasteiger partial charge in [-0.3, -0.25) is 4.90 Å². The van der Waals surface area contributed by atoms with Crippen molar-refractivity contribution < 1.29 is 14.3 Å². The molecule has 104 valence electrons. The molecule has 2 rings (SSSR count). The smallest absolute Gasteiger partial charge is 0.336 e. The van der Waals surface area contributed by atoms with Crippen LogP contribution in [-0.2, 0) is 20.8 Å². The molecule has 1 aromatic carbocycles. The predicted molar refractivity (Wildman–Crippen MR) is 73.5 cm³/mol. The second kappa shape index (κ2) is 6.57.